The van der Waals surface area contributed by atoms with Crippen LogP contribution in [0.25, 0.3) is 0 Å². The van der Waals surface area contributed by atoms with E-state index >= 15 is 0 Å². The molecular weight excluding hydrogens is 399 g/mol. The number of nitrogens with one attached hydrogen (secondary N) is 1. The average molecular weight is 418 g/mol. The highest BCUT2D eigenvalue weighted by Gasteiger charge is 2.42. The first kappa shape index (κ1) is 22.6. The molecule has 0 aliphatic carbocycles. The molecule has 1 saturated heterocycles. The quantitative estimate of drug-likeness (QED) is 0.567. The Bertz CT molecular complexity index is 752. The normalized spacial score (nSPS) is 18.0. The lowest BCUT2D eigenvalue weighted by Gasteiger charge is -2.28. The fourth-order valence-corrected chi connectivity index (χ4v) is 4.75. The van der Waals surface area contributed by atoms with Crippen LogP contribution < -0.4 is 5.32 Å². The Labute approximate surface area is 155 Å². The molecule has 0 saturated carbocycles. The van der Waals surface area contributed by atoms with Crippen molar-refractivity contribution in [3.05, 3.63) is 33.9 Å². The van der Waals surface area contributed by atoms with E-state index in [9.17, 15) is 31.7 Å². The van der Waals surface area contributed by atoms with Crippen molar-refractivity contribution >= 4 is 28.1 Å². The summed E-state index contributed by atoms with van der Waals surface area (Å²) in [7, 11) is -4.45. The molecule has 1 aliphatic heterocycles. The Hall–Kier alpha value is -1.43. The van der Waals surface area contributed by atoms with Gasteiger partial charge in [0, 0.05) is 31.3 Å². The van der Waals surface area contributed by atoms with Crippen LogP contribution in [0, 0.1) is 10.1 Å². The minimum atomic E-state index is -5.03. The molecular formula is C14H19ClF3N3O4S. The molecule has 1 aromatic rings. The largest absolute Gasteiger partial charge is 0.417 e. The number of hydrogen-bond acceptors (Lipinski definition) is 5. The first-order valence-corrected chi connectivity index (χ1v) is 9.11. The van der Waals surface area contributed by atoms with Gasteiger partial charge in [0.2, 0.25) is 10.0 Å². The van der Waals surface area contributed by atoms with Crippen LogP contribution in [0.5, 0.6) is 0 Å². The molecule has 1 aliphatic rings. The zero-order chi connectivity index (χ0) is 18.8. The van der Waals surface area contributed by atoms with Crippen molar-refractivity contribution in [2.75, 3.05) is 19.6 Å². The molecule has 1 atom stereocenters. The number of nitro groups is 1. The van der Waals surface area contributed by atoms with Gasteiger partial charge in [-0.25, -0.2) is 8.42 Å². The third-order valence-electron chi connectivity index (χ3n) is 3.95. The van der Waals surface area contributed by atoms with Crippen LogP contribution >= 0.6 is 12.4 Å². The number of nitrogens with zero attached hydrogens (tertiary/aromatic N) is 2. The summed E-state index contributed by atoms with van der Waals surface area (Å²) >= 11 is 0. The van der Waals surface area contributed by atoms with E-state index in [1.54, 1.807) is 6.92 Å². The van der Waals surface area contributed by atoms with Gasteiger partial charge in [-0.15, -0.1) is 12.4 Å². The molecule has 0 bridgehead atoms. The van der Waals surface area contributed by atoms with E-state index in [1.807, 2.05) is 0 Å². The van der Waals surface area contributed by atoms with Gasteiger partial charge in [0.1, 0.15) is 0 Å². The van der Waals surface area contributed by atoms with Crippen molar-refractivity contribution in [1.82, 2.24) is 9.62 Å². The summed E-state index contributed by atoms with van der Waals surface area (Å²) in [6, 6.07) is 1.27. The van der Waals surface area contributed by atoms with E-state index in [4.69, 9.17) is 0 Å². The molecule has 12 heteroatoms. The molecule has 1 heterocycles. The van der Waals surface area contributed by atoms with Crippen molar-refractivity contribution in [2.24, 2.45) is 0 Å². The van der Waals surface area contributed by atoms with E-state index in [1.165, 1.54) is 0 Å². The SMILES string of the molecule is CCCN(C1CCNC1)S(=O)(=O)c1ccc([N+](=O)[O-])cc1C(F)(F)F.Cl. The maximum Gasteiger partial charge on any atom is 0.417 e. The second kappa shape index (κ2) is 8.51. The first-order chi connectivity index (χ1) is 11.6. The van der Waals surface area contributed by atoms with Gasteiger partial charge in [-0.1, -0.05) is 6.92 Å². The maximum atomic E-state index is 13.3. The highest BCUT2D eigenvalue weighted by molar-refractivity contribution is 7.89. The van der Waals surface area contributed by atoms with Crippen molar-refractivity contribution in [3.63, 3.8) is 0 Å². The summed E-state index contributed by atoms with van der Waals surface area (Å²) in [5.74, 6) is 0. The summed E-state index contributed by atoms with van der Waals surface area (Å²) in [6.45, 7) is 2.73. The van der Waals surface area contributed by atoms with Crippen LogP contribution in [-0.2, 0) is 16.2 Å². The number of sulfonamides is 1. The maximum absolute atomic E-state index is 13.3. The van der Waals surface area contributed by atoms with E-state index in [-0.39, 0.29) is 25.0 Å². The van der Waals surface area contributed by atoms with Crippen LogP contribution in [0.15, 0.2) is 23.1 Å². The topological polar surface area (TPSA) is 92.6 Å². The second-order valence-corrected chi connectivity index (χ2v) is 7.56. The third-order valence-corrected chi connectivity index (χ3v) is 5.96. The van der Waals surface area contributed by atoms with Crippen molar-refractivity contribution in [3.8, 4) is 0 Å². The Morgan fingerprint density at radius 3 is 2.50 bits per heavy atom. The average Bonchev–Trinajstić information content (AvgIpc) is 3.04. The van der Waals surface area contributed by atoms with Gasteiger partial charge in [-0.2, -0.15) is 17.5 Å². The molecule has 7 nitrogen and oxygen atoms in total. The molecule has 0 amide bonds. The molecule has 148 valence electrons. The van der Waals surface area contributed by atoms with Gasteiger partial charge in [0.15, 0.2) is 0 Å². The Morgan fingerprint density at radius 1 is 1.38 bits per heavy atom. The minimum absolute atomic E-state index is 0. The van der Waals surface area contributed by atoms with Gasteiger partial charge in [0.25, 0.3) is 5.69 Å². The van der Waals surface area contributed by atoms with Crippen LogP contribution in [-0.4, -0.2) is 43.3 Å². The van der Waals surface area contributed by atoms with Crippen LogP contribution in [0.2, 0.25) is 0 Å². The lowest BCUT2D eigenvalue weighted by molar-refractivity contribution is -0.385. The smallest absolute Gasteiger partial charge is 0.315 e. The molecule has 0 radical (unpaired) electrons. The lowest BCUT2D eigenvalue weighted by Crippen LogP contribution is -2.42. The molecule has 1 N–H and O–H groups in total. The summed E-state index contributed by atoms with van der Waals surface area (Å²) in [6.07, 6.45) is -4.10. The standard InChI is InChI=1S/C14H18F3N3O4S.ClH/c1-2-7-19(11-5-6-18-9-11)25(23,24)13-4-3-10(20(21)22)8-12(13)14(15,16)17;/h3-4,8,11,18H,2,5-7,9H2,1H3;1H. The second-order valence-electron chi connectivity index (χ2n) is 5.70. The highest BCUT2D eigenvalue weighted by Crippen LogP contribution is 2.38. The molecule has 2 rings (SSSR count). The minimum Gasteiger partial charge on any atom is -0.315 e. The van der Waals surface area contributed by atoms with E-state index < -0.39 is 43.3 Å². The van der Waals surface area contributed by atoms with Gasteiger partial charge in [-0.3, -0.25) is 10.1 Å². The van der Waals surface area contributed by atoms with Crippen LogP contribution in [0.1, 0.15) is 25.3 Å². The van der Waals surface area contributed by atoms with E-state index in [2.05, 4.69) is 5.32 Å². The Morgan fingerprint density at radius 2 is 2.04 bits per heavy atom. The first-order valence-electron chi connectivity index (χ1n) is 7.67. The monoisotopic (exact) mass is 417 g/mol. The van der Waals surface area contributed by atoms with Gasteiger partial charge in [-0.05, 0) is 25.5 Å². The predicted molar refractivity (Wildman–Crippen MR) is 90.8 cm³/mol. The molecule has 0 spiro atoms. The summed E-state index contributed by atoms with van der Waals surface area (Å²) < 4.78 is 66.8. The highest BCUT2D eigenvalue weighted by atomic mass is 35.5. The summed E-state index contributed by atoms with van der Waals surface area (Å²) in [5.41, 5.74) is -2.33. The van der Waals surface area contributed by atoms with E-state index in [0.29, 0.717) is 32.0 Å². The molecule has 1 aromatic carbocycles. The van der Waals surface area contributed by atoms with Crippen molar-refractivity contribution in [2.45, 2.75) is 36.9 Å². The van der Waals surface area contributed by atoms with Gasteiger partial charge >= 0.3 is 6.18 Å². The molecule has 0 aromatic heterocycles. The summed E-state index contributed by atoms with van der Waals surface area (Å²) in [4.78, 5) is 8.81. The van der Waals surface area contributed by atoms with Gasteiger partial charge < -0.3 is 5.32 Å². The molecule has 1 fully saturated rings. The van der Waals surface area contributed by atoms with Crippen molar-refractivity contribution in [1.29, 1.82) is 0 Å². The number of hydrogen-bond donors (Lipinski definition) is 1. The Kier molecular flexibility index (Phi) is 7.40. The van der Waals surface area contributed by atoms with E-state index in [0.717, 1.165) is 10.4 Å². The zero-order valence-electron chi connectivity index (χ0n) is 13.8. The number of nitro benzene ring substituents is 1. The number of rotatable bonds is 6. The third kappa shape index (κ3) is 4.64. The fraction of sp³-hybridized carbons (Fsp3) is 0.571. The number of halogens is 4. The fourth-order valence-electron chi connectivity index (χ4n) is 2.81. The number of benzene rings is 1. The molecule has 26 heavy (non-hydrogen) atoms. The number of alkyl halides is 3. The predicted octanol–water partition coefficient (Wildman–Crippen LogP) is 2.80. The molecule has 1 unspecified atom stereocenters. The zero-order valence-corrected chi connectivity index (χ0v) is 15.5. The Balaban J connectivity index is 0.00000338. The van der Waals surface area contributed by atoms with Gasteiger partial charge in [0.05, 0.1) is 15.4 Å². The van der Waals surface area contributed by atoms with Crippen LogP contribution in [0.3, 0.4) is 0 Å². The summed E-state index contributed by atoms with van der Waals surface area (Å²) in [5, 5.41) is 13.7. The lowest BCUT2D eigenvalue weighted by atomic mass is 10.2. The van der Waals surface area contributed by atoms with Crippen LogP contribution in [0.4, 0.5) is 18.9 Å². The number of non-ortho nitro benzene ring substituents is 1. The van der Waals surface area contributed by atoms with Crippen molar-refractivity contribution < 1.29 is 26.5 Å².